The van der Waals surface area contributed by atoms with Gasteiger partial charge in [-0.15, -0.1) is 0 Å². The van der Waals surface area contributed by atoms with Crippen LogP contribution in [0.2, 0.25) is 0 Å². The smallest absolute Gasteiger partial charge is 0.274 e. The van der Waals surface area contributed by atoms with Crippen LogP contribution in [0.25, 0.3) is 0 Å². The molecule has 0 radical (unpaired) electrons. The second-order valence-electron chi connectivity index (χ2n) is 6.94. The maximum absolute atomic E-state index is 12.6. The first-order valence-corrected chi connectivity index (χ1v) is 8.37. The maximum Gasteiger partial charge on any atom is 0.274 e. The second-order valence-corrected chi connectivity index (χ2v) is 6.94. The number of aliphatic hydroxyl groups excluding tert-OH is 1. The summed E-state index contributed by atoms with van der Waals surface area (Å²) in [5.74, 6) is -0.0562. The predicted molar refractivity (Wildman–Crippen MR) is 89.5 cm³/mol. The molecule has 1 aliphatic heterocycles. The van der Waals surface area contributed by atoms with Crippen molar-refractivity contribution < 1.29 is 9.90 Å². The third-order valence-corrected chi connectivity index (χ3v) is 5.63. The number of nitrogens with two attached hydrogens (primary N) is 1. The molecule has 6 heteroatoms. The summed E-state index contributed by atoms with van der Waals surface area (Å²) in [6.07, 6.45) is 0.835. The number of nitrogens with zero attached hydrogens (tertiary/aromatic N) is 2. The SMILES string of the molecule is Cc1cc(C(=O)N2CCC3(CC2)c2ccccc2[C@@H](N)[C@@H]3O)n[nH]1. The molecule has 1 spiro atoms. The van der Waals surface area contributed by atoms with Gasteiger partial charge in [0.1, 0.15) is 5.69 Å². The molecule has 1 saturated heterocycles. The third kappa shape index (κ3) is 2.10. The number of nitrogens with one attached hydrogen (secondary N) is 1. The Bertz CT molecular complexity index is 777. The fraction of sp³-hybridized carbons (Fsp3) is 0.444. The van der Waals surface area contributed by atoms with Crippen LogP contribution >= 0.6 is 0 Å². The van der Waals surface area contributed by atoms with E-state index in [-0.39, 0.29) is 17.4 Å². The Morgan fingerprint density at radius 1 is 1.38 bits per heavy atom. The van der Waals surface area contributed by atoms with Gasteiger partial charge >= 0.3 is 0 Å². The lowest BCUT2D eigenvalue weighted by Crippen LogP contribution is -2.50. The standard InChI is InChI=1S/C18H22N4O2/c1-11-10-14(21-20-11)17(24)22-8-6-18(7-9-22)13-5-3-2-4-12(13)15(19)16(18)23/h2-5,10,15-16,23H,6-9,19H2,1H3,(H,20,21)/t15-,16+/m1/s1. The van der Waals surface area contributed by atoms with Gasteiger partial charge in [0.25, 0.3) is 5.91 Å². The van der Waals surface area contributed by atoms with Gasteiger partial charge in [-0.2, -0.15) is 5.10 Å². The Labute approximate surface area is 140 Å². The molecule has 1 aromatic carbocycles. The van der Waals surface area contributed by atoms with Gasteiger partial charge in [-0.25, -0.2) is 0 Å². The largest absolute Gasteiger partial charge is 0.390 e. The Kier molecular flexibility index (Phi) is 3.47. The van der Waals surface area contributed by atoms with Gasteiger partial charge in [0.05, 0.1) is 12.1 Å². The summed E-state index contributed by atoms with van der Waals surface area (Å²) < 4.78 is 0. The van der Waals surface area contributed by atoms with E-state index in [2.05, 4.69) is 16.3 Å². The molecule has 4 N–H and O–H groups in total. The van der Waals surface area contributed by atoms with E-state index < -0.39 is 6.10 Å². The van der Waals surface area contributed by atoms with Crippen LogP contribution in [0.5, 0.6) is 0 Å². The van der Waals surface area contributed by atoms with Crippen molar-refractivity contribution >= 4 is 5.91 Å². The van der Waals surface area contributed by atoms with Gasteiger partial charge in [0.15, 0.2) is 0 Å². The zero-order valence-corrected chi connectivity index (χ0v) is 13.7. The lowest BCUT2D eigenvalue weighted by atomic mass is 9.72. The highest BCUT2D eigenvalue weighted by Gasteiger charge is 2.51. The van der Waals surface area contributed by atoms with Crippen LogP contribution in [-0.4, -0.2) is 45.3 Å². The molecule has 1 aliphatic carbocycles. The van der Waals surface area contributed by atoms with E-state index in [1.165, 1.54) is 0 Å². The number of H-pyrrole nitrogens is 1. The molecule has 0 bridgehead atoms. The highest BCUT2D eigenvalue weighted by atomic mass is 16.3. The number of amides is 1. The van der Waals surface area contributed by atoms with Gasteiger partial charge in [0.2, 0.25) is 0 Å². The highest BCUT2D eigenvalue weighted by molar-refractivity contribution is 5.92. The summed E-state index contributed by atoms with van der Waals surface area (Å²) >= 11 is 0. The Morgan fingerprint density at radius 3 is 2.75 bits per heavy atom. The molecule has 0 unspecified atom stereocenters. The fourth-order valence-corrected chi connectivity index (χ4v) is 4.28. The first-order valence-electron chi connectivity index (χ1n) is 8.37. The van der Waals surface area contributed by atoms with Crippen molar-refractivity contribution in [3.05, 3.63) is 52.8 Å². The van der Waals surface area contributed by atoms with E-state index in [1.54, 1.807) is 6.07 Å². The Hall–Kier alpha value is -2.18. The van der Waals surface area contributed by atoms with Crippen LogP contribution in [0.1, 0.15) is 46.2 Å². The number of aryl methyl sites for hydroxylation is 1. The molecule has 2 aromatic rings. The molecule has 6 nitrogen and oxygen atoms in total. The predicted octanol–water partition coefficient (Wildman–Crippen LogP) is 1.27. The number of benzene rings is 1. The average Bonchev–Trinajstić information content (AvgIpc) is 3.13. The second kappa shape index (κ2) is 5.43. The van der Waals surface area contributed by atoms with Crippen LogP contribution in [0.4, 0.5) is 0 Å². The van der Waals surface area contributed by atoms with Crippen molar-refractivity contribution in [3.63, 3.8) is 0 Å². The van der Waals surface area contributed by atoms with Gasteiger partial charge in [0, 0.05) is 24.2 Å². The number of carbonyl (C=O) groups excluding carboxylic acids is 1. The van der Waals surface area contributed by atoms with Gasteiger partial charge in [-0.3, -0.25) is 9.89 Å². The Morgan fingerprint density at radius 2 is 2.08 bits per heavy atom. The van der Waals surface area contributed by atoms with Crippen molar-refractivity contribution in [2.75, 3.05) is 13.1 Å². The minimum Gasteiger partial charge on any atom is -0.390 e. The summed E-state index contributed by atoms with van der Waals surface area (Å²) in [7, 11) is 0. The molecule has 24 heavy (non-hydrogen) atoms. The van der Waals surface area contributed by atoms with Gasteiger partial charge < -0.3 is 15.7 Å². The number of aromatic amines is 1. The van der Waals surface area contributed by atoms with E-state index in [1.807, 2.05) is 30.0 Å². The minimum absolute atomic E-state index is 0.0562. The molecule has 0 saturated carbocycles. The maximum atomic E-state index is 12.6. The quantitative estimate of drug-likeness (QED) is 0.735. The third-order valence-electron chi connectivity index (χ3n) is 5.63. The molecular weight excluding hydrogens is 304 g/mol. The number of rotatable bonds is 1. The van der Waals surface area contributed by atoms with E-state index >= 15 is 0 Å². The van der Waals surface area contributed by atoms with E-state index in [0.717, 1.165) is 16.8 Å². The van der Waals surface area contributed by atoms with Crippen molar-refractivity contribution in [3.8, 4) is 0 Å². The van der Waals surface area contributed by atoms with Crippen molar-refractivity contribution in [2.24, 2.45) is 5.73 Å². The summed E-state index contributed by atoms with van der Waals surface area (Å²) in [5, 5.41) is 17.7. The topological polar surface area (TPSA) is 95.2 Å². The Balaban J connectivity index is 1.57. The number of aliphatic hydroxyl groups is 1. The molecule has 2 atom stereocenters. The molecule has 126 valence electrons. The number of fused-ring (bicyclic) bond motifs is 2. The van der Waals surface area contributed by atoms with Crippen molar-refractivity contribution in [2.45, 2.75) is 37.3 Å². The summed E-state index contributed by atoms with van der Waals surface area (Å²) in [6.45, 7) is 3.08. The molecule has 1 amide bonds. The molecule has 1 fully saturated rings. The van der Waals surface area contributed by atoms with Crippen LogP contribution in [0, 0.1) is 6.92 Å². The number of piperidine rings is 1. The summed E-state index contributed by atoms with van der Waals surface area (Å²) in [4.78, 5) is 14.4. The zero-order valence-electron chi connectivity index (χ0n) is 13.7. The zero-order chi connectivity index (χ0) is 16.9. The van der Waals surface area contributed by atoms with Gasteiger partial charge in [-0.1, -0.05) is 24.3 Å². The summed E-state index contributed by atoms with van der Waals surface area (Å²) in [6, 6.07) is 9.44. The number of hydrogen-bond donors (Lipinski definition) is 3. The van der Waals surface area contributed by atoms with Crippen LogP contribution in [0.15, 0.2) is 30.3 Å². The molecule has 2 heterocycles. The van der Waals surface area contributed by atoms with E-state index in [0.29, 0.717) is 31.6 Å². The molecule has 2 aliphatic rings. The fourth-order valence-electron chi connectivity index (χ4n) is 4.28. The van der Waals surface area contributed by atoms with Crippen LogP contribution < -0.4 is 5.73 Å². The van der Waals surface area contributed by atoms with E-state index in [9.17, 15) is 9.90 Å². The molecule has 1 aromatic heterocycles. The number of hydrogen-bond acceptors (Lipinski definition) is 4. The lowest BCUT2D eigenvalue weighted by Gasteiger charge is -2.42. The highest BCUT2D eigenvalue weighted by Crippen LogP contribution is 2.50. The van der Waals surface area contributed by atoms with Gasteiger partial charge in [-0.05, 0) is 37.0 Å². The van der Waals surface area contributed by atoms with Crippen LogP contribution in [-0.2, 0) is 5.41 Å². The number of likely N-dealkylation sites (tertiary alicyclic amines) is 1. The van der Waals surface area contributed by atoms with Crippen LogP contribution in [0.3, 0.4) is 0 Å². The minimum atomic E-state index is -0.597. The average molecular weight is 326 g/mol. The first-order chi connectivity index (χ1) is 11.5. The van der Waals surface area contributed by atoms with Crippen molar-refractivity contribution in [1.82, 2.24) is 15.1 Å². The number of carbonyl (C=O) groups is 1. The first kappa shape index (κ1) is 15.4. The normalized spacial score (nSPS) is 25.0. The summed E-state index contributed by atoms with van der Waals surface area (Å²) in [5.41, 5.74) is 9.41. The molecule has 4 rings (SSSR count). The van der Waals surface area contributed by atoms with E-state index in [4.69, 9.17) is 5.73 Å². The monoisotopic (exact) mass is 326 g/mol. The lowest BCUT2D eigenvalue weighted by molar-refractivity contribution is 0.0260. The van der Waals surface area contributed by atoms with Crippen molar-refractivity contribution in [1.29, 1.82) is 0 Å². The molecular formula is C18H22N4O2. The number of aromatic nitrogens is 2.